The minimum absolute atomic E-state index is 0.303. The molecule has 0 unspecified atom stereocenters. The first-order valence-corrected chi connectivity index (χ1v) is 10.2. The Morgan fingerprint density at radius 3 is 2.43 bits per heavy atom. The number of benzene rings is 2. The van der Waals surface area contributed by atoms with E-state index in [1.54, 1.807) is 30.3 Å². The van der Waals surface area contributed by atoms with Crippen LogP contribution >= 0.6 is 0 Å². The zero-order chi connectivity index (χ0) is 21.3. The van der Waals surface area contributed by atoms with Crippen molar-refractivity contribution in [3.8, 4) is 0 Å². The number of pyridine rings is 1. The van der Waals surface area contributed by atoms with Gasteiger partial charge in [-0.3, -0.25) is 14.5 Å². The maximum absolute atomic E-state index is 13.7. The number of allylic oxidation sites excluding steroid dienone is 1. The van der Waals surface area contributed by atoms with Crippen LogP contribution in [-0.4, -0.2) is 21.7 Å². The molecule has 1 aromatic heterocycles. The topological polar surface area (TPSA) is 50.3 Å². The molecule has 1 aliphatic heterocycles. The molecule has 0 aliphatic carbocycles. The van der Waals surface area contributed by atoms with E-state index in [2.05, 4.69) is 11.9 Å². The number of hydrogen-bond donors (Lipinski definition) is 0. The second kappa shape index (κ2) is 8.19. The molecule has 0 radical (unpaired) electrons. The number of hydrogen-bond acceptors (Lipinski definition) is 3. The fourth-order valence-corrected chi connectivity index (χ4v) is 3.86. The molecular formula is C25H23FN2O2. The summed E-state index contributed by atoms with van der Waals surface area (Å²) in [5.74, 6) is -0.955. The molecular weight excluding hydrogens is 379 g/mol. The molecule has 0 N–H and O–H groups in total. The number of fused-ring (bicyclic) bond motifs is 2. The third kappa shape index (κ3) is 3.52. The van der Waals surface area contributed by atoms with Crippen LogP contribution < -0.4 is 0 Å². The highest BCUT2D eigenvalue weighted by Gasteiger charge is 2.39. The summed E-state index contributed by atoms with van der Waals surface area (Å²) in [5, 5.41) is 0.764. The quantitative estimate of drug-likeness (QED) is 0.379. The predicted octanol–water partition coefficient (Wildman–Crippen LogP) is 5.93. The molecule has 1 aliphatic rings. The third-order valence-corrected chi connectivity index (χ3v) is 5.50. The summed E-state index contributed by atoms with van der Waals surface area (Å²) in [6.07, 6.45) is 6.99. The van der Waals surface area contributed by atoms with E-state index in [1.807, 2.05) is 25.1 Å². The normalized spacial score (nSPS) is 14.7. The number of carbonyl (C=O) groups is 2. The Kier molecular flexibility index (Phi) is 5.44. The van der Waals surface area contributed by atoms with Gasteiger partial charge >= 0.3 is 0 Å². The zero-order valence-corrected chi connectivity index (χ0v) is 17.1. The highest BCUT2D eigenvalue weighted by molar-refractivity contribution is 6.21. The van der Waals surface area contributed by atoms with Gasteiger partial charge in [0, 0.05) is 17.0 Å². The average molecular weight is 402 g/mol. The molecule has 30 heavy (non-hydrogen) atoms. The van der Waals surface area contributed by atoms with Crippen molar-refractivity contribution >= 4 is 28.8 Å². The van der Waals surface area contributed by atoms with Crippen LogP contribution in [0.2, 0.25) is 0 Å². The third-order valence-electron chi connectivity index (χ3n) is 5.50. The zero-order valence-electron chi connectivity index (χ0n) is 17.1. The number of unbranched alkanes of at least 4 members (excludes halogenated alkanes) is 2. The van der Waals surface area contributed by atoms with Crippen LogP contribution in [0.1, 0.15) is 71.1 Å². The second-order valence-corrected chi connectivity index (χ2v) is 7.55. The van der Waals surface area contributed by atoms with Gasteiger partial charge in [-0.05, 0) is 49.8 Å². The summed E-state index contributed by atoms with van der Waals surface area (Å²) in [5.41, 5.74) is 2.79. The number of carbonyl (C=O) groups excluding carboxylic acids is 2. The van der Waals surface area contributed by atoms with Crippen molar-refractivity contribution in [2.75, 3.05) is 0 Å². The van der Waals surface area contributed by atoms with Gasteiger partial charge < -0.3 is 0 Å². The van der Waals surface area contributed by atoms with Crippen LogP contribution in [0.3, 0.4) is 0 Å². The van der Waals surface area contributed by atoms with E-state index >= 15 is 0 Å². The molecule has 5 heteroatoms. The standard InChI is InChI=1S/C25H23FN2O2/c1-3-4-5-6-11-22-21(14-17-12-13-18(26)15-23(17)27-22)16(2)28-24(29)19-9-7-8-10-20(19)25(28)30/h6-16H,3-5H2,1-2H3/b11-6+/t16-/m0/s1. The molecule has 0 saturated heterocycles. The lowest BCUT2D eigenvalue weighted by atomic mass is 10.0. The van der Waals surface area contributed by atoms with Crippen LogP contribution in [0.15, 0.2) is 54.6 Å². The molecule has 152 valence electrons. The smallest absolute Gasteiger partial charge is 0.262 e. The van der Waals surface area contributed by atoms with E-state index in [4.69, 9.17) is 0 Å². The van der Waals surface area contributed by atoms with E-state index in [0.717, 1.165) is 30.2 Å². The molecule has 0 bridgehead atoms. The Bertz CT molecular complexity index is 1130. The maximum Gasteiger partial charge on any atom is 0.262 e. The van der Waals surface area contributed by atoms with Gasteiger partial charge in [0.2, 0.25) is 0 Å². The lowest BCUT2D eigenvalue weighted by Gasteiger charge is -2.24. The monoisotopic (exact) mass is 402 g/mol. The van der Waals surface area contributed by atoms with Crippen LogP contribution in [0.5, 0.6) is 0 Å². The number of halogens is 1. The highest BCUT2D eigenvalue weighted by Crippen LogP contribution is 2.34. The molecule has 2 amide bonds. The molecule has 3 aromatic rings. The first-order valence-electron chi connectivity index (χ1n) is 10.2. The number of nitrogens with zero attached hydrogens (tertiary/aromatic N) is 2. The van der Waals surface area contributed by atoms with E-state index in [9.17, 15) is 14.0 Å². The van der Waals surface area contributed by atoms with Crippen LogP contribution in [0, 0.1) is 5.82 Å². The largest absolute Gasteiger partial charge is 0.269 e. The first-order chi connectivity index (χ1) is 14.5. The van der Waals surface area contributed by atoms with Crippen molar-refractivity contribution in [1.82, 2.24) is 9.88 Å². The van der Waals surface area contributed by atoms with Gasteiger partial charge in [0.1, 0.15) is 5.82 Å². The average Bonchev–Trinajstić information content (AvgIpc) is 3.00. The maximum atomic E-state index is 13.7. The number of rotatable bonds is 6. The SMILES string of the molecule is CCCC/C=C/c1nc2cc(F)ccc2cc1[C@H](C)N1C(=O)c2ccccc2C1=O. The van der Waals surface area contributed by atoms with Gasteiger partial charge in [-0.2, -0.15) is 0 Å². The molecule has 1 atom stereocenters. The number of amides is 2. The van der Waals surface area contributed by atoms with E-state index < -0.39 is 6.04 Å². The van der Waals surface area contributed by atoms with Crippen molar-refractivity contribution < 1.29 is 14.0 Å². The van der Waals surface area contributed by atoms with Gasteiger partial charge in [-0.15, -0.1) is 0 Å². The molecule has 2 aromatic carbocycles. The first kappa shape index (κ1) is 20.0. The van der Waals surface area contributed by atoms with E-state index in [0.29, 0.717) is 22.3 Å². The fraction of sp³-hybridized carbons (Fsp3) is 0.240. The number of imide groups is 1. The molecule has 0 spiro atoms. The van der Waals surface area contributed by atoms with Crippen LogP contribution in [-0.2, 0) is 0 Å². The van der Waals surface area contributed by atoms with Crippen molar-refractivity contribution in [2.45, 2.75) is 39.2 Å². The lowest BCUT2D eigenvalue weighted by Crippen LogP contribution is -2.33. The Labute approximate surface area is 175 Å². The van der Waals surface area contributed by atoms with E-state index in [-0.39, 0.29) is 17.6 Å². The fourth-order valence-electron chi connectivity index (χ4n) is 3.86. The van der Waals surface area contributed by atoms with Crippen molar-refractivity contribution in [3.05, 3.63) is 82.8 Å². The summed E-state index contributed by atoms with van der Waals surface area (Å²) in [7, 11) is 0. The molecule has 0 saturated carbocycles. The summed E-state index contributed by atoms with van der Waals surface area (Å²) >= 11 is 0. The molecule has 0 fully saturated rings. The predicted molar refractivity (Wildman–Crippen MR) is 116 cm³/mol. The van der Waals surface area contributed by atoms with Gasteiger partial charge in [0.25, 0.3) is 11.8 Å². The van der Waals surface area contributed by atoms with Crippen molar-refractivity contribution in [2.24, 2.45) is 0 Å². The van der Waals surface area contributed by atoms with Gasteiger partial charge in [0.15, 0.2) is 0 Å². The van der Waals surface area contributed by atoms with Gasteiger partial charge in [-0.1, -0.05) is 38.0 Å². The van der Waals surface area contributed by atoms with Crippen molar-refractivity contribution in [1.29, 1.82) is 0 Å². The Morgan fingerprint density at radius 2 is 1.77 bits per heavy atom. The second-order valence-electron chi connectivity index (χ2n) is 7.55. The summed E-state index contributed by atoms with van der Waals surface area (Å²) < 4.78 is 13.7. The molecule has 2 heterocycles. The minimum atomic E-state index is -0.509. The number of aromatic nitrogens is 1. The molecule has 4 rings (SSSR count). The van der Waals surface area contributed by atoms with Crippen LogP contribution in [0.4, 0.5) is 4.39 Å². The van der Waals surface area contributed by atoms with E-state index in [1.165, 1.54) is 17.0 Å². The van der Waals surface area contributed by atoms with Crippen molar-refractivity contribution in [3.63, 3.8) is 0 Å². The Morgan fingerprint density at radius 1 is 1.07 bits per heavy atom. The Balaban J connectivity index is 1.78. The molecule has 4 nitrogen and oxygen atoms in total. The highest BCUT2D eigenvalue weighted by atomic mass is 19.1. The Hall–Kier alpha value is -3.34. The lowest BCUT2D eigenvalue weighted by molar-refractivity contribution is 0.0595. The summed E-state index contributed by atoms with van der Waals surface area (Å²) in [4.78, 5) is 31.9. The summed E-state index contributed by atoms with van der Waals surface area (Å²) in [6, 6.07) is 12.7. The van der Waals surface area contributed by atoms with Crippen LogP contribution in [0.25, 0.3) is 17.0 Å². The summed E-state index contributed by atoms with van der Waals surface area (Å²) in [6.45, 7) is 3.96. The van der Waals surface area contributed by atoms with Gasteiger partial charge in [-0.25, -0.2) is 9.37 Å². The van der Waals surface area contributed by atoms with Gasteiger partial charge in [0.05, 0.1) is 28.4 Å². The minimum Gasteiger partial charge on any atom is -0.269 e.